The number of allylic oxidation sites excluding steroid dienone is 4. The van der Waals surface area contributed by atoms with Gasteiger partial charge in [-0.25, -0.2) is 0 Å². The van der Waals surface area contributed by atoms with Crippen LogP contribution in [0, 0.1) is 0 Å². The fourth-order valence-corrected chi connectivity index (χ4v) is 11.0. The lowest BCUT2D eigenvalue weighted by Crippen LogP contribution is -2.30. The van der Waals surface area contributed by atoms with Gasteiger partial charge in [-0.1, -0.05) is 340 Å². The maximum atomic E-state index is 12.9. The molecule has 6 heteroatoms. The maximum Gasteiger partial charge on any atom is 0.306 e. The summed E-state index contributed by atoms with van der Waals surface area (Å²) in [5.41, 5.74) is 0. The van der Waals surface area contributed by atoms with E-state index in [4.69, 9.17) is 14.2 Å². The highest BCUT2D eigenvalue weighted by atomic mass is 16.6. The first-order chi connectivity index (χ1) is 39.0. The summed E-state index contributed by atoms with van der Waals surface area (Å²) in [6.07, 6.45) is 83.6. The van der Waals surface area contributed by atoms with Gasteiger partial charge in [-0.3, -0.25) is 14.4 Å². The molecule has 0 amide bonds. The van der Waals surface area contributed by atoms with Gasteiger partial charge < -0.3 is 14.2 Å². The Kier molecular flexibility index (Phi) is 66.6. The van der Waals surface area contributed by atoms with Gasteiger partial charge in [0.2, 0.25) is 0 Å². The third-order valence-corrected chi connectivity index (χ3v) is 16.4. The number of esters is 3. The predicted octanol–water partition coefficient (Wildman–Crippen LogP) is 24.6. The molecule has 0 spiro atoms. The fourth-order valence-electron chi connectivity index (χ4n) is 11.0. The van der Waals surface area contributed by atoms with Crippen molar-refractivity contribution in [1.29, 1.82) is 0 Å². The zero-order valence-electron chi connectivity index (χ0n) is 53.7. The third kappa shape index (κ3) is 66.6. The van der Waals surface area contributed by atoms with E-state index < -0.39 is 6.10 Å². The summed E-state index contributed by atoms with van der Waals surface area (Å²) in [6.45, 7) is 6.70. The molecule has 0 aliphatic heterocycles. The molecule has 0 fully saturated rings. The highest BCUT2D eigenvalue weighted by Crippen LogP contribution is 2.19. The van der Waals surface area contributed by atoms with E-state index in [1.54, 1.807) is 0 Å². The number of hydrogen-bond acceptors (Lipinski definition) is 6. The van der Waals surface area contributed by atoms with E-state index in [2.05, 4.69) is 45.1 Å². The summed E-state index contributed by atoms with van der Waals surface area (Å²) in [5.74, 6) is -0.853. The molecule has 79 heavy (non-hydrogen) atoms. The molecular weight excluding hydrogens is 973 g/mol. The number of ether oxygens (including phenoxy) is 3. The molecule has 6 nitrogen and oxygen atoms in total. The van der Waals surface area contributed by atoms with Crippen molar-refractivity contribution in [1.82, 2.24) is 0 Å². The van der Waals surface area contributed by atoms with Crippen LogP contribution in [0.25, 0.3) is 0 Å². The van der Waals surface area contributed by atoms with Crippen molar-refractivity contribution in [2.24, 2.45) is 0 Å². The second-order valence-electron chi connectivity index (χ2n) is 24.5. The van der Waals surface area contributed by atoms with Crippen LogP contribution in [-0.4, -0.2) is 37.2 Å². The second-order valence-corrected chi connectivity index (χ2v) is 24.5. The molecule has 0 aromatic heterocycles. The number of carbonyl (C=O) groups excluding carboxylic acids is 3. The van der Waals surface area contributed by atoms with Crippen molar-refractivity contribution in [3.8, 4) is 0 Å². The van der Waals surface area contributed by atoms with E-state index in [1.165, 1.54) is 302 Å². The zero-order valence-corrected chi connectivity index (χ0v) is 53.7. The molecule has 0 aliphatic carbocycles. The minimum atomic E-state index is -0.775. The number of carbonyl (C=O) groups is 3. The van der Waals surface area contributed by atoms with Crippen molar-refractivity contribution in [2.75, 3.05) is 13.2 Å². The SMILES string of the molecule is CCCCCCCC/C=C\CCCCCCCCCC(=O)OC(COC(=O)CCCCCCC/C=C\CCCCCCCCC)COC(=O)CCCCCCCCCCCCCCCCCCCCCCCCCCCCCC. The zero-order chi connectivity index (χ0) is 57.1. The van der Waals surface area contributed by atoms with Crippen molar-refractivity contribution < 1.29 is 28.6 Å². The lowest BCUT2D eigenvalue weighted by molar-refractivity contribution is -0.167. The van der Waals surface area contributed by atoms with Gasteiger partial charge in [0.25, 0.3) is 0 Å². The average Bonchev–Trinajstić information content (AvgIpc) is 3.45. The summed E-state index contributed by atoms with van der Waals surface area (Å²) in [4.78, 5) is 38.4. The minimum Gasteiger partial charge on any atom is -0.462 e. The van der Waals surface area contributed by atoms with E-state index in [0.29, 0.717) is 19.3 Å². The summed E-state index contributed by atoms with van der Waals surface area (Å²) in [5, 5.41) is 0. The van der Waals surface area contributed by atoms with Crippen LogP contribution in [0.3, 0.4) is 0 Å². The lowest BCUT2D eigenvalue weighted by Gasteiger charge is -2.18. The second kappa shape index (κ2) is 68.4. The summed E-state index contributed by atoms with van der Waals surface area (Å²) >= 11 is 0. The Morgan fingerprint density at radius 1 is 0.241 bits per heavy atom. The van der Waals surface area contributed by atoms with Crippen LogP contribution >= 0.6 is 0 Å². The molecule has 0 aliphatic rings. The lowest BCUT2D eigenvalue weighted by atomic mass is 10.0. The molecular formula is C73H138O6. The molecule has 0 saturated heterocycles. The Morgan fingerprint density at radius 2 is 0.418 bits per heavy atom. The largest absolute Gasteiger partial charge is 0.462 e. The maximum absolute atomic E-state index is 12.9. The molecule has 0 radical (unpaired) electrons. The molecule has 1 atom stereocenters. The quantitative estimate of drug-likeness (QED) is 0.0261. The van der Waals surface area contributed by atoms with Gasteiger partial charge in [-0.2, -0.15) is 0 Å². The van der Waals surface area contributed by atoms with E-state index in [9.17, 15) is 14.4 Å². The first-order valence-corrected chi connectivity index (χ1v) is 35.8. The predicted molar refractivity (Wildman–Crippen MR) is 344 cm³/mol. The van der Waals surface area contributed by atoms with E-state index in [-0.39, 0.29) is 31.1 Å². The van der Waals surface area contributed by atoms with Gasteiger partial charge in [0.1, 0.15) is 13.2 Å². The van der Waals surface area contributed by atoms with Crippen LogP contribution < -0.4 is 0 Å². The van der Waals surface area contributed by atoms with Crippen LogP contribution in [0.2, 0.25) is 0 Å². The van der Waals surface area contributed by atoms with Crippen molar-refractivity contribution in [2.45, 2.75) is 412 Å². The van der Waals surface area contributed by atoms with Crippen molar-refractivity contribution >= 4 is 17.9 Å². The van der Waals surface area contributed by atoms with Gasteiger partial charge in [0.15, 0.2) is 6.10 Å². The minimum absolute atomic E-state index is 0.0703. The molecule has 0 bridgehead atoms. The molecule has 0 saturated carbocycles. The normalized spacial score (nSPS) is 12.1. The summed E-state index contributed by atoms with van der Waals surface area (Å²) in [7, 11) is 0. The van der Waals surface area contributed by atoms with Gasteiger partial charge in [-0.15, -0.1) is 0 Å². The van der Waals surface area contributed by atoms with Crippen LogP contribution in [0.15, 0.2) is 24.3 Å². The molecule has 0 aromatic rings. The number of rotatable bonds is 67. The molecule has 0 aromatic carbocycles. The molecule has 1 unspecified atom stereocenters. The van der Waals surface area contributed by atoms with E-state index >= 15 is 0 Å². The Bertz CT molecular complexity index is 1270. The van der Waals surface area contributed by atoms with Crippen molar-refractivity contribution in [3.63, 3.8) is 0 Å². The fraction of sp³-hybridized carbons (Fsp3) is 0.904. The van der Waals surface area contributed by atoms with Crippen LogP contribution in [0.4, 0.5) is 0 Å². The van der Waals surface area contributed by atoms with Crippen LogP contribution in [0.1, 0.15) is 406 Å². The smallest absolute Gasteiger partial charge is 0.306 e. The van der Waals surface area contributed by atoms with E-state index in [0.717, 1.165) is 64.2 Å². The van der Waals surface area contributed by atoms with Crippen LogP contribution in [-0.2, 0) is 28.6 Å². The Balaban J connectivity index is 4.21. The number of unbranched alkanes of at least 4 members (excludes halogenated alkanes) is 52. The molecule has 466 valence electrons. The molecule has 0 rings (SSSR count). The first-order valence-electron chi connectivity index (χ1n) is 35.8. The van der Waals surface area contributed by atoms with Gasteiger partial charge in [0, 0.05) is 19.3 Å². The standard InChI is InChI=1S/C73H138O6/c1-4-7-10-13-16-19-22-25-28-31-32-33-34-35-36-37-38-39-40-41-43-45-48-51-54-57-60-63-66-72(75)78-69-70(68-77-71(74)65-62-59-56-53-50-47-44-30-27-24-21-18-15-12-9-6-3)79-73(76)67-64-61-58-55-52-49-46-42-29-26-23-20-17-14-11-8-5-2/h26,29-30,44,70H,4-25,27-28,31-43,45-69H2,1-3H3/b29-26-,44-30-. The third-order valence-electron chi connectivity index (χ3n) is 16.4. The topological polar surface area (TPSA) is 78.9 Å². The highest BCUT2D eigenvalue weighted by Gasteiger charge is 2.19. The van der Waals surface area contributed by atoms with Crippen molar-refractivity contribution in [3.05, 3.63) is 24.3 Å². The summed E-state index contributed by atoms with van der Waals surface area (Å²) in [6, 6.07) is 0. The Hall–Kier alpha value is -2.11. The van der Waals surface area contributed by atoms with Gasteiger partial charge in [0.05, 0.1) is 0 Å². The molecule has 0 heterocycles. The highest BCUT2D eigenvalue weighted by molar-refractivity contribution is 5.71. The van der Waals surface area contributed by atoms with E-state index in [1.807, 2.05) is 0 Å². The Morgan fingerprint density at radius 3 is 0.633 bits per heavy atom. The molecule has 0 N–H and O–H groups in total. The van der Waals surface area contributed by atoms with Crippen LogP contribution in [0.5, 0.6) is 0 Å². The first kappa shape index (κ1) is 76.9. The average molecular weight is 1110 g/mol. The summed E-state index contributed by atoms with van der Waals surface area (Å²) < 4.78 is 17.0. The van der Waals surface area contributed by atoms with Gasteiger partial charge >= 0.3 is 17.9 Å². The monoisotopic (exact) mass is 1110 g/mol. The Labute approximate surface area is 493 Å². The number of hydrogen-bond donors (Lipinski definition) is 0. The van der Waals surface area contributed by atoms with Gasteiger partial charge in [-0.05, 0) is 70.6 Å².